The number of benzene rings is 2. The van der Waals surface area contributed by atoms with E-state index < -0.39 is 36.5 Å². The van der Waals surface area contributed by atoms with E-state index in [1.165, 1.54) is 5.56 Å². The minimum atomic E-state index is -1.39. The summed E-state index contributed by atoms with van der Waals surface area (Å²) in [6.07, 6.45) is 9.94. The number of aliphatic imine (C=N–C) groups is 1. The van der Waals surface area contributed by atoms with E-state index in [9.17, 15) is 29.7 Å². The van der Waals surface area contributed by atoms with Crippen molar-refractivity contribution in [2.75, 3.05) is 31.1 Å². The van der Waals surface area contributed by atoms with Crippen molar-refractivity contribution in [1.29, 1.82) is 0 Å². The van der Waals surface area contributed by atoms with Gasteiger partial charge in [0.15, 0.2) is 0 Å². The first-order valence-electron chi connectivity index (χ1n) is 18.3. The third kappa shape index (κ3) is 13.8. The van der Waals surface area contributed by atoms with Crippen LogP contribution in [-0.2, 0) is 34.3 Å². The Bertz CT molecular complexity index is 1910. The van der Waals surface area contributed by atoms with Gasteiger partial charge < -0.3 is 39.9 Å². The van der Waals surface area contributed by atoms with E-state index in [0.29, 0.717) is 68.9 Å². The maximum absolute atomic E-state index is 13.3. The quantitative estimate of drug-likeness (QED) is 0.0383. The Hall–Kier alpha value is -1.51. The van der Waals surface area contributed by atoms with Gasteiger partial charge >= 0.3 is 109 Å². The molecular weight excluding hydrogens is 774 g/mol. The summed E-state index contributed by atoms with van der Waals surface area (Å²) in [5.74, 6) is -3.04. The number of carbonyl (C=O) groups excluding carboxylic acids is 2. The van der Waals surface area contributed by atoms with Gasteiger partial charge in [-0.3, -0.25) is 19.9 Å². The predicted molar refractivity (Wildman–Crippen MR) is 203 cm³/mol. The van der Waals surface area contributed by atoms with Crippen molar-refractivity contribution in [2.45, 2.75) is 76.3 Å². The first-order chi connectivity index (χ1) is 25.6. The molecule has 2 aromatic carbocycles. The fraction of sp³-hybridized carbons (Fsp3) is 0.425. The molecule has 55 heavy (non-hydrogen) atoms. The van der Waals surface area contributed by atoms with Crippen LogP contribution in [0.2, 0.25) is 5.02 Å². The van der Waals surface area contributed by atoms with Gasteiger partial charge in [-0.15, -0.1) is 0 Å². The molecule has 0 saturated carbocycles. The van der Waals surface area contributed by atoms with Crippen molar-refractivity contribution in [3.63, 3.8) is 0 Å². The van der Waals surface area contributed by atoms with Crippen molar-refractivity contribution in [1.82, 2.24) is 20.2 Å². The van der Waals surface area contributed by atoms with E-state index in [0.717, 1.165) is 58.3 Å². The number of nitrogens with zero attached hydrogens (tertiary/aromatic N) is 4. The monoisotopic (exact) mass is 820 g/mol. The van der Waals surface area contributed by atoms with Crippen LogP contribution in [0.3, 0.4) is 0 Å². The molecule has 1 amide bonds. The first kappa shape index (κ1) is 47.9. The number of para-hydroxylation sites is 1. The molecule has 0 spiro atoms. The van der Waals surface area contributed by atoms with Crippen molar-refractivity contribution < 1.29 is 132 Å². The number of carboxylic acid groups (broad SMARTS) is 2. The van der Waals surface area contributed by atoms with Crippen LogP contribution in [0.5, 0.6) is 0 Å². The number of anilines is 1. The summed E-state index contributed by atoms with van der Waals surface area (Å²) in [7, 11) is 2.06. The van der Waals surface area contributed by atoms with Gasteiger partial charge in [0.2, 0.25) is 5.91 Å². The fourth-order valence-corrected chi connectivity index (χ4v) is 7.29. The Morgan fingerprint density at radius 2 is 1.84 bits per heavy atom. The molecule has 1 aliphatic rings. The third-order valence-corrected chi connectivity index (χ3v) is 9.96. The van der Waals surface area contributed by atoms with Gasteiger partial charge in [0.05, 0.1) is 30.8 Å². The zero-order chi connectivity index (χ0) is 37.7. The van der Waals surface area contributed by atoms with Crippen LogP contribution in [0.4, 0.5) is 5.69 Å². The summed E-state index contributed by atoms with van der Waals surface area (Å²) in [5, 5.41) is 41.7. The number of halogens is 1. The molecule has 282 valence electrons. The van der Waals surface area contributed by atoms with E-state index in [1.54, 1.807) is 18.3 Å². The Labute approximate surface area is 412 Å². The minimum Gasteiger partial charge on any atom is -0.862 e. The van der Waals surface area contributed by atoms with E-state index >= 15 is 0 Å². The Morgan fingerprint density at radius 3 is 2.58 bits per heavy atom. The van der Waals surface area contributed by atoms with Crippen molar-refractivity contribution in [2.24, 2.45) is 12.0 Å². The third-order valence-electron chi connectivity index (χ3n) is 9.73. The molecule has 2 aromatic heterocycles. The first-order valence-corrected chi connectivity index (χ1v) is 18.7. The second kappa shape index (κ2) is 24.4. The van der Waals surface area contributed by atoms with Crippen LogP contribution in [0, 0.1) is 0 Å². The molecule has 0 radical (unpaired) electrons. The van der Waals surface area contributed by atoms with E-state index in [1.807, 2.05) is 42.6 Å². The maximum atomic E-state index is 13.3. The molecule has 4 aromatic rings. The molecule has 15 heteroatoms. The molecule has 0 fully saturated rings. The van der Waals surface area contributed by atoms with Crippen LogP contribution in [0.1, 0.15) is 62.5 Å². The molecule has 1 aliphatic heterocycles. The van der Waals surface area contributed by atoms with Crippen LogP contribution in [-0.4, -0.2) is 76.7 Å². The van der Waals surface area contributed by atoms with Gasteiger partial charge in [0, 0.05) is 53.2 Å². The normalized spacial score (nSPS) is 14.8. The fourth-order valence-electron chi connectivity index (χ4n) is 7.12. The molecule has 3 heterocycles. The molecule has 1 unspecified atom stereocenters. The van der Waals surface area contributed by atoms with Gasteiger partial charge in [-0.1, -0.05) is 42.6 Å². The molecule has 2 atom stereocenters. The molecule has 12 nitrogen and oxygen atoms in total. The SMILES string of the molecule is Cn1c(-c2cccnc2)c(CCCCCC([O-])=NCCNCCCC[C@H](NC2CCc3ccccc3N(CC(=O)[O-])C2=O)C(=O)O)c2cc(Cl)ccc21.[K+].[K+]. The number of hydrogen-bond acceptors (Lipinski definition) is 9. The summed E-state index contributed by atoms with van der Waals surface area (Å²) in [5.41, 5.74) is 5.88. The van der Waals surface area contributed by atoms with E-state index in [4.69, 9.17) is 11.6 Å². The molecule has 0 aliphatic carbocycles. The van der Waals surface area contributed by atoms with Crippen molar-refractivity contribution in [3.8, 4) is 11.3 Å². The molecule has 0 bridgehead atoms. The average Bonchev–Trinajstić information content (AvgIpc) is 3.34. The van der Waals surface area contributed by atoms with Crippen LogP contribution in [0.15, 0.2) is 72.0 Å². The average molecular weight is 822 g/mol. The number of rotatable bonds is 20. The van der Waals surface area contributed by atoms with Gasteiger partial charge in [0.25, 0.3) is 0 Å². The number of fused-ring (bicyclic) bond motifs is 2. The summed E-state index contributed by atoms with van der Waals surface area (Å²) in [4.78, 5) is 46.4. The maximum Gasteiger partial charge on any atom is 1.00 e. The Kier molecular flexibility index (Phi) is 21.3. The second-order valence-corrected chi connectivity index (χ2v) is 13.9. The van der Waals surface area contributed by atoms with E-state index in [2.05, 4.69) is 38.3 Å². The number of amides is 1. The Morgan fingerprint density at radius 1 is 1.04 bits per heavy atom. The molecule has 5 rings (SSSR count). The summed E-state index contributed by atoms with van der Waals surface area (Å²) in [6, 6.07) is 15.3. The zero-order valence-corrected chi connectivity index (χ0v) is 39.1. The molecular formula is C40H47ClK2N6O6. The van der Waals surface area contributed by atoms with Crippen LogP contribution >= 0.6 is 11.6 Å². The number of carbonyl (C=O) groups is 3. The second-order valence-electron chi connectivity index (χ2n) is 13.4. The predicted octanol–water partition coefficient (Wildman–Crippen LogP) is -2.34. The number of aliphatic carboxylic acids is 2. The van der Waals surface area contributed by atoms with Crippen LogP contribution in [0.25, 0.3) is 22.2 Å². The number of aryl methyl sites for hydroxylation is 3. The van der Waals surface area contributed by atoms with Gasteiger partial charge in [-0.25, -0.2) is 0 Å². The minimum absolute atomic E-state index is 0. The van der Waals surface area contributed by atoms with Crippen LogP contribution < -0.4 is 129 Å². The number of aromatic nitrogens is 2. The number of carboxylic acids is 2. The van der Waals surface area contributed by atoms with E-state index in [-0.39, 0.29) is 109 Å². The molecule has 3 N–H and O–H groups in total. The summed E-state index contributed by atoms with van der Waals surface area (Å²) >= 11 is 6.37. The Balaban J connectivity index is 0.00000406. The standard InChI is InChI=1S/C40H49ClN6O6.2K/c1-46-35-19-17-29(41)24-31(35)30(38(46)28-11-9-21-43-25-28)12-3-2-4-15-36(48)44-23-22-42-20-8-7-13-33(40(52)53)45-32-18-16-27-10-5-6-14-34(27)47(39(32)51)26-37(49)50;;/h5-6,9-11,14,17,19,21,24-25,32-33,42,45H,2-4,7-8,12-13,15-16,18,20,22-23,26H2,1H3,(H,44,48)(H,49,50)(H,52,53);;/q;2*+1/p-2/t32?,33-;;/m0../s1. The summed E-state index contributed by atoms with van der Waals surface area (Å²) in [6.45, 7) is 0.941. The number of pyridine rings is 1. The van der Waals surface area contributed by atoms with Crippen molar-refractivity contribution in [3.05, 3.63) is 83.1 Å². The van der Waals surface area contributed by atoms with Gasteiger partial charge in [0.1, 0.15) is 6.04 Å². The molecule has 0 saturated heterocycles. The van der Waals surface area contributed by atoms with Gasteiger partial charge in [-0.05, 0) is 111 Å². The number of nitrogens with one attached hydrogen (secondary N) is 2. The van der Waals surface area contributed by atoms with Gasteiger partial charge in [-0.2, -0.15) is 0 Å². The zero-order valence-electron chi connectivity index (χ0n) is 32.1. The number of unbranched alkanes of at least 4 members (excludes halogenated alkanes) is 3. The topological polar surface area (TPSA) is 175 Å². The largest absolute Gasteiger partial charge is 1.00 e. The smallest absolute Gasteiger partial charge is 0.862 e. The van der Waals surface area contributed by atoms with Crippen molar-refractivity contribution >= 4 is 51.9 Å². The summed E-state index contributed by atoms with van der Waals surface area (Å²) < 4.78 is 2.19. The number of hydrogen-bond donors (Lipinski definition) is 3.